The average Bonchev–Trinajstić information content (AvgIpc) is 2.96. The van der Waals surface area contributed by atoms with Crippen molar-refractivity contribution in [2.24, 2.45) is 0 Å². The van der Waals surface area contributed by atoms with Gasteiger partial charge in [0, 0.05) is 15.6 Å². The number of amides is 1. The Morgan fingerprint density at radius 3 is 2.78 bits per heavy atom. The van der Waals surface area contributed by atoms with Crippen LogP contribution in [0.3, 0.4) is 0 Å². The van der Waals surface area contributed by atoms with Crippen molar-refractivity contribution in [2.45, 2.75) is 10.8 Å². The Kier molecular flexibility index (Phi) is 3.95. The molecule has 6 nitrogen and oxygen atoms in total. The van der Waals surface area contributed by atoms with Crippen molar-refractivity contribution in [1.82, 2.24) is 14.9 Å². The molecule has 0 fully saturated rings. The first-order valence-corrected chi connectivity index (χ1v) is 8.45. The predicted octanol–water partition coefficient (Wildman–Crippen LogP) is 1.46. The zero-order chi connectivity index (χ0) is 13.2. The van der Waals surface area contributed by atoms with Crippen molar-refractivity contribution >= 4 is 48.5 Å². The molecule has 0 aromatic carbocycles. The highest BCUT2D eigenvalue weighted by molar-refractivity contribution is 8.15. The monoisotopic (exact) mass is 323 g/mol. The number of aromatic nitrogens is 2. The van der Waals surface area contributed by atoms with Crippen LogP contribution < -0.4 is 5.32 Å². The van der Waals surface area contributed by atoms with Crippen molar-refractivity contribution in [3.63, 3.8) is 0 Å². The van der Waals surface area contributed by atoms with Gasteiger partial charge in [-0.25, -0.2) is 8.42 Å². The normalized spacial score (nSPS) is 11.4. The third-order valence-electron chi connectivity index (χ3n) is 1.89. The third-order valence-corrected chi connectivity index (χ3v) is 5.73. The second kappa shape index (κ2) is 5.31. The van der Waals surface area contributed by atoms with Crippen molar-refractivity contribution in [1.29, 1.82) is 0 Å². The molecule has 96 valence electrons. The summed E-state index contributed by atoms with van der Waals surface area (Å²) in [5.74, 6) is -0.298. The molecule has 0 aliphatic heterocycles. The number of carbonyl (C=O) groups excluding carboxylic acids is 1. The molecule has 0 unspecified atom stereocenters. The Hall–Kier alpha value is -1.03. The van der Waals surface area contributed by atoms with Gasteiger partial charge in [0.25, 0.3) is 15.0 Å². The molecule has 0 saturated carbocycles. The number of nitrogens with one attached hydrogen (secondary N) is 1. The van der Waals surface area contributed by atoms with Crippen LogP contribution in [0.25, 0.3) is 0 Å². The topological polar surface area (TPSA) is 89.0 Å². The second-order valence-corrected chi connectivity index (χ2v) is 7.87. The van der Waals surface area contributed by atoms with Crippen LogP contribution in [0.15, 0.2) is 22.5 Å². The van der Waals surface area contributed by atoms with Gasteiger partial charge in [-0.2, -0.15) is 0 Å². The minimum atomic E-state index is -3.70. The molecule has 2 aromatic heterocycles. The molecular formula is C8H6ClN3O3S3. The molecule has 2 rings (SSSR count). The fraction of sp³-hybridized carbons (Fsp3) is 0.125. The first-order valence-electron chi connectivity index (χ1n) is 4.56. The Labute approximate surface area is 115 Å². The van der Waals surface area contributed by atoms with Crippen LogP contribution in [-0.2, 0) is 15.6 Å². The molecule has 1 N–H and O–H groups in total. The molecule has 2 heterocycles. The third kappa shape index (κ3) is 3.25. The molecule has 0 aliphatic carbocycles. The Morgan fingerprint density at radius 2 is 2.22 bits per heavy atom. The summed E-state index contributed by atoms with van der Waals surface area (Å²) in [7, 11) is 1.49. The van der Waals surface area contributed by atoms with E-state index in [0.29, 0.717) is 9.75 Å². The lowest BCUT2D eigenvalue weighted by Crippen LogP contribution is -2.21. The molecule has 2 aromatic rings. The maximum Gasteiger partial charge on any atom is 0.270 e. The number of rotatable bonds is 4. The molecule has 0 spiro atoms. The molecule has 1 amide bonds. The van der Waals surface area contributed by atoms with Crippen LogP contribution in [0.2, 0.25) is 0 Å². The van der Waals surface area contributed by atoms with E-state index >= 15 is 0 Å². The molecule has 0 radical (unpaired) electrons. The highest BCUT2D eigenvalue weighted by Gasteiger charge is 2.14. The van der Waals surface area contributed by atoms with E-state index in [4.69, 9.17) is 10.7 Å². The standard InChI is InChI=1S/C8H6ClN3O3S3/c9-18(14,15)7-2-1-5(16-7)3-10-8(13)6-4-11-12-17-6/h1-2,4H,3H2,(H,10,13). The maximum atomic E-state index is 11.6. The van der Waals surface area contributed by atoms with Gasteiger partial charge in [0.15, 0.2) is 0 Å². The van der Waals surface area contributed by atoms with E-state index in [-0.39, 0.29) is 16.7 Å². The second-order valence-electron chi connectivity index (χ2n) is 3.12. The largest absolute Gasteiger partial charge is 0.346 e. The van der Waals surface area contributed by atoms with Crippen molar-refractivity contribution in [3.8, 4) is 0 Å². The first-order chi connectivity index (χ1) is 8.47. The number of halogens is 1. The summed E-state index contributed by atoms with van der Waals surface area (Å²) in [6.07, 6.45) is 1.36. The molecule has 18 heavy (non-hydrogen) atoms. The van der Waals surface area contributed by atoms with Crippen LogP contribution in [0.5, 0.6) is 0 Å². The maximum absolute atomic E-state index is 11.6. The molecule has 0 aliphatic rings. The minimum Gasteiger partial charge on any atom is -0.346 e. The van der Waals surface area contributed by atoms with Gasteiger partial charge in [-0.1, -0.05) is 4.49 Å². The molecule has 0 saturated heterocycles. The zero-order valence-electron chi connectivity index (χ0n) is 8.66. The predicted molar refractivity (Wildman–Crippen MR) is 68.4 cm³/mol. The average molecular weight is 324 g/mol. The van der Waals surface area contributed by atoms with Gasteiger partial charge in [0.1, 0.15) is 9.09 Å². The van der Waals surface area contributed by atoms with Crippen LogP contribution in [0, 0.1) is 0 Å². The van der Waals surface area contributed by atoms with Crippen LogP contribution in [0.4, 0.5) is 0 Å². The fourth-order valence-electron chi connectivity index (χ4n) is 1.11. The van der Waals surface area contributed by atoms with E-state index in [1.54, 1.807) is 6.07 Å². The van der Waals surface area contributed by atoms with Crippen molar-refractivity contribution in [2.75, 3.05) is 0 Å². The van der Waals surface area contributed by atoms with Crippen LogP contribution in [0.1, 0.15) is 14.5 Å². The highest BCUT2D eigenvalue weighted by atomic mass is 35.7. The summed E-state index contributed by atoms with van der Waals surface area (Å²) in [6.45, 7) is 0.230. The summed E-state index contributed by atoms with van der Waals surface area (Å²) >= 11 is 2.01. The SMILES string of the molecule is O=C(NCc1ccc(S(=O)(=O)Cl)s1)c1cnns1. The van der Waals surface area contributed by atoms with Gasteiger partial charge < -0.3 is 5.32 Å². The van der Waals surface area contributed by atoms with E-state index in [1.165, 1.54) is 12.3 Å². The molecule has 0 bridgehead atoms. The fourth-order valence-corrected chi connectivity index (χ4v) is 3.60. The molecule has 0 atom stereocenters. The lowest BCUT2D eigenvalue weighted by Gasteiger charge is -1.99. The summed E-state index contributed by atoms with van der Waals surface area (Å²) in [5, 5.41) is 6.18. The summed E-state index contributed by atoms with van der Waals surface area (Å²) in [6, 6.07) is 3.01. The lowest BCUT2D eigenvalue weighted by atomic mass is 10.4. The van der Waals surface area contributed by atoms with E-state index < -0.39 is 9.05 Å². The Bertz CT molecular complexity index is 650. The quantitative estimate of drug-likeness (QED) is 0.860. The number of nitrogens with zero attached hydrogens (tertiary/aromatic N) is 2. The van der Waals surface area contributed by atoms with Crippen molar-refractivity contribution in [3.05, 3.63) is 28.1 Å². The summed E-state index contributed by atoms with van der Waals surface area (Å²) < 4.78 is 25.7. The summed E-state index contributed by atoms with van der Waals surface area (Å²) in [4.78, 5) is 12.7. The van der Waals surface area contributed by atoms with Gasteiger partial charge in [-0.05, 0) is 23.7 Å². The Morgan fingerprint density at radius 1 is 1.44 bits per heavy atom. The van der Waals surface area contributed by atoms with E-state index in [2.05, 4.69) is 14.9 Å². The van der Waals surface area contributed by atoms with Crippen LogP contribution >= 0.6 is 33.6 Å². The van der Waals surface area contributed by atoms with Gasteiger partial charge in [-0.15, -0.1) is 16.4 Å². The van der Waals surface area contributed by atoms with Gasteiger partial charge in [-0.3, -0.25) is 4.79 Å². The first kappa shape index (κ1) is 13.4. The van der Waals surface area contributed by atoms with Gasteiger partial charge in [0.05, 0.1) is 12.7 Å². The zero-order valence-corrected chi connectivity index (χ0v) is 11.9. The van der Waals surface area contributed by atoms with Crippen LogP contribution in [-0.4, -0.2) is 23.9 Å². The number of thiophene rings is 1. The Balaban J connectivity index is 1.99. The van der Waals surface area contributed by atoms with E-state index in [0.717, 1.165) is 22.9 Å². The van der Waals surface area contributed by atoms with E-state index in [9.17, 15) is 13.2 Å². The number of carbonyl (C=O) groups is 1. The lowest BCUT2D eigenvalue weighted by molar-refractivity contribution is 0.0955. The molecular weight excluding hydrogens is 318 g/mol. The number of hydrogen-bond acceptors (Lipinski definition) is 7. The number of hydrogen-bond donors (Lipinski definition) is 1. The van der Waals surface area contributed by atoms with Crippen molar-refractivity contribution < 1.29 is 13.2 Å². The van der Waals surface area contributed by atoms with E-state index in [1.807, 2.05) is 0 Å². The highest BCUT2D eigenvalue weighted by Crippen LogP contribution is 2.24. The van der Waals surface area contributed by atoms with Gasteiger partial charge >= 0.3 is 0 Å². The minimum absolute atomic E-state index is 0.0628. The smallest absolute Gasteiger partial charge is 0.270 e. The molecule has 10 heteroatoms. The summed E-state index contributed by atoms with van der Waals surface area (Å²) in [5.41, 5.74) is 0. The van der Waals surface area contributed by atoms with Gasteiger partial charge in [0.2, 0.25) is 0 Å².